The molecule has 0 bridgehead atoms. The van der Waals surface area contributed by atoms with Gasteiger partial charge in [0.1, 0.15) is 0 Å². The number of nitrogens with zero attached hydrogens (tertiary/aromatic N) is 1. The Hall–Kier alpha value is -0.360. The molecule has 0 fully saturated rings. The van der Waals surface area contributed by atoms with E-state index < -0.39 is 6.10 Å². The quantitative estimate of drug-likeness (QED) is 0.925. The maximum atomic E-state index is 9.51. The Kier molecular flexibility index (Phi) is 4.02. The second-order valence-corrected chi connectivity index (χ2v) is 6.33. The SMILES string of the molecule is C[C@H](O)c1ccc(Sc2nccs2)cc1Br. The zero-order valence-electron chi connectivity index (χ0n) is 8.55. The summed E-state index contributed by atoms with van der Waals surface area (Å²) >= 11 is 6.71. The molecule has 2 aromatic rings. The topological polar surface area (TPSA) is 33.1 Å². The van der Waals surface area contributed by atoms with Crippen LogP contribution >= 0.6 is 39.0 Å². The Morgan fingerprint density at radius 2 is 2.31 bits per heavy atom. The number of rotatable bonds is 3. The molecule has 2 nitrogen and oxygen atoms in total. The average molecular weight is 316 g/mol. The van der Waals surface area contributed by atoms with Crippen LogP contribution < -0.4 is 0 Å². The molecule has 0 aliphatic carbocycles. The van der Waals surface area contributed by atoms with Crippen molar-refractivity contribution in [3.05, 3.63) is 39.8 Å². The van der Waals surface area contributed by atoms with Gasteiger partial charge in [-0.2, -0.15) is 0 Å². The molecule has 0 aliphatic heterocycles. The van der Waals surface area contributed by atoms with E-state index in [4.69, 9.17) is 0 Å². The summed E-state index contributed by atoms with van der Waals surface area (Å²) in [6.45, 7) is 1.76. The molecule has 1 aromatic carbocycles. The maximum absolute atomic E-state index is 9.51. The van der Waals surface area contributed by atoms with Gasteiger partial charge in [-0.05, 0) is 24.6 Å². The van der Waals surface area contributed by atoms with Gasteiger partial charge in [-0.15, -0.1) is 11.3 Å². The molecule has 1 atom stereocenters. The van der Waals surface area contributed by atoms with Crippen LogP contribution in [0.1, 0.15) is 18.6 Å². The van der Waals surface area contributed by atoms with Crippen molar-refractivity contribution in [3.63, 3.8) is 0 Å². The highest BCUT2D eigenvalue weighted by molar-refractivity contribution is 9.10. The van der Waals surface area contributed by atoms with Crippen molar-refractivity contribution < 1.29 is 5.11 Å². The summed E-state index contributed by atoms with van der Waals surface area (Å²) in [5, 5.41) is 11.5. The van der Waals surface area contributed by atoms with E-state index in [9.17, 15) is 5.11 Å². The predicted octanol–water partition coefficient (Wildman–Crippen LogP) is 4.11. The number of hydrogen-bond donors (Lipinski definition) is 1. The lowest BCUT2D eigenvalue weighted by Gasteiger charge is -2.08. The molecule has 1 heterocycles. The highest BCUT2D eigenvalue weighted by Gasteiger charge is 2.07. The third-order valence-corrected chi connectivity index (χ3v) is 4.60. The highest BCUT2D eigenvalue weighted by Crippen LogP contribution is 2.33. The molecule has 1 N–H and O–H groups in total. The molecular weight excluding hydrogens is 306 g/mol. The normalized spacial score (nSPS) is 12.7. The summed E-state index contributed by atoms with van der Waals surface area (Å²) in [7, 11) is 0. The molecule has 0 saturated carbocycles. The molecular formula is C11H10BrNOS2. The summed E-state index contributed by atoms with van der Waals surface area (Å²) in [6.07, 6.45) is 1.35. The van der Waals surface area contributed by atoms with Crippen molar-refractivity contribution >= 4 is 39.0 Å². The molecule has 5 heteroatoms. The van der Waals surface area contributed by atoms with Crippen LogP contribution in [-0.4, -0.2) is 10.1 Å². The molecule has 16 heavy (non-hydrogen) atoms. The highest BCUT2D eigenvalue weighted by atomic mass is 79.9. The Bertz CT molecular complexity index is 471. The van der Waals surface area contributed by atoms with Gasteiger partial charge in [0.25, 0.3) is 0 Å². The van der Waals surface area contributed by atoms with E-state index in [0.717, 1.165) is 19.3 Å². The van der Waals surface area contributed by atoms with Gasteiger partial charge in [0.2, 0.25) is 0 Å². The van der Waals surface area contributed by atoms with Crippen LogP contribution in [0.25, 0.3) is 0 Å². The van der Waals surface area contributed by atoms with Crippen LogP contribution in [0.2, 0.25) is 0 Å². The predicted molar refractivity (Wildman–Crippen MR) is 71.0 cm³/mol. The van der Waals surface area contributed by atoms with Gasteiger partial charge in [-0.25, -0.2) is 4.98 Å². The van der Waals surface area contributed by atoms with Gasteiger partial charge in [-0.1, -0.05) is 33.8 Å². The number of benzene rings is 1. The van der Waals surface area contributed by atoms with Gasteiger partial charge in [0.05, 0.1) is 6.10 Å². The lowest BCUT2D eigenvalue weighted by atomic mass is 10.1. The molecule has 1 aromatic heterocycles. The number of hydrogen-bond acceptors (Lipinski definition) is 4. The van der Waals surface area contributed by atoms with Crippen LogP contribution in [-0.2, 0) is 0 Å². The van der Waals surface area contributed by atoms with Crippen LogP contribution in [0.3, 0.4) is 0 Å². The number of aliphatic hydroxyl groups is 1. The standard InChI is InChI=1S/C11H10BrNOS2/c1-7(14)9-3-2-8(6-10(9)12)16-11-13-4-5-15-11/h2-7,14H,1H3/t7-/m0/s1. The van der Waals surface area contributed by atoms with E-state index in [0.29, 0.717) is 0 Å². The van der Waals surface area contributed by atoms with Gasteiger partial charge < -0.3 is 5.11 Å². The van der Waals surface area contributed by atoms with Gasteiger partial charge in [0, 0.05) is 20.9 Å². The third kappa shape index (κ3) is 2.85. The Balaban J connectivity index is 2.21. The average Bonchev–Trinajstić information content (AvgIpc) is 2.70. The largest absolute Gasteiger partial charge is 0.389 e. The molecule has 0 amide bonds. The van der Waals surface area contributed by atoms with Crippen LogP contribution in [0.4, 0.5) is 0 Å². The summed E-state index contributed by atoms with van der Waals surface area (Å²) in [6, 6.07) is 5.94. The number of aromatic nitrogens is 1. The van der Waals surface area contributed by atoms with Crippen molar-refractivity contribution in [2.24, 2.45) is 0 Å². The van der Waals surface area contributed by atoms with E-state index in [1.54, 1.807) is 36.2 Å². The lowest BCUT2D eigenvalue weighted by Crippen LogP contribution is -1.92. The maximum Gasteiger partial charge on any atom is 0.154 e. The fourth-order valence-corrected chi connectivity index (χ4v) is 3.77. The van der Waals surface area contributed by atoms with Gasteiger partial charge >= 0.3 is 0 Å². The minimum atomic E-state index is -0.451. The lowest BCUT2D eigenvalue weighted by molar-refractivity contribution is 0.198. The van der Waals surface area contributed by atoms with E-state index in [1.807, 2.05) is 23.6 Å². The first-order valence-corrected chi connectivity index (χ1v) is 7.20. The summed E-state index contributed by atoms with van der Waals surface area (Å²) in [5.41, 5.74) is 0.906. The Labute approximate surface area is 111 Å². The summed E-state index contributed by atoms with van der Waals surface area (Å²) in [5.74, 6) is 0. The van der Waals surface area contributed by atoms with E-state index in [1.165, 1.54) is 0 Å². The second kappa shape index (κ2) is 5.31. The fraction of sp³-hybridized carbons (Fsp3) is 0.182. The van der Waals surface area contributed by atoms with Crippen molar-refractivity contribution in [1.29, 1.82) is 0 Å². The van der Waals surface area contributed by atoms with E-state index in [2.05, 4.69) is 20.9 Å². The minimum Gasteiger partial charge on any atom is -0.389 e. The zero-order valence-corrected chi connectivity index (χ0v) is 11.8. The molecule has 2 rings (SSSR count). The zero-order chi connectivity index (χ0) is 11.5. The van der Waals surface area contributed by atoms with Crippen molar-refractivity contribution in [2.45, 2.75) is 22.3 Å². The van der Waals surface area contributed by atoms with Crippen LogP contribution in [0.5, 0.6) is 0 Å². The molecule has 0 aliphatic rings. The van der Waals surface area contributed by atoms with Crippen LogP contribution in [0.15, 0.2) is 43.5 Å². The van der Waals surface area contributed by atoms with E-state index >= 15 is 0 Å². The Morgan fingerprint density at radius 1 is 1.50 bits per heavy atom. The third-order valence-electron chi connectivity index (χ3n) is 2.04. The van der Waals surface area contributed by atoms with Crippen molar-refractivity contribution in [1.82, 2.24) is 4.98 Å². The molecule has 0 saturated heterocycles. The summed E-state index contributed by atoms with van der Waals surface area (Å²) in [4.78, 5) is 5.33. The smallest absolute Gasteiger partial charge is 0.154 e. The van der Waals surface area contributed by atoms with Crippen molar-refractivity contribution in [3.8, 4) is 0 Å². The van der Waals surface area contributed by atoms with Gasteiger partial charge in [-0.3, -0.25) is 0 Å². The monoisotopic (exact) mass is 315 g/mol. The molecule has 84 valence electrons. The molecule has 0 spiro atoms. The first-order valence-electron chi connectivity index (χ1n) is 4.71. The number of aliphatic hydroxyl groups excluding tert-OH is 1. The first-order chi connectivity index (χ1) is 7.66. The second-order valence-electron chi connectivity index (χ2n) is 3.26. The van der Waals surface area contributed by atoms with Gasteiger partial charge in [0.15, 0.2) is 4.34 Å². The molecule has 0 unspecified atom stereocenters. The van der Waals surface area contributed by atoms with E-state index in [-0.39, 0.29) is 0 Å². The number of halogens is 1. The molecule has 0 radical (unpaired) electrons. The Morgan fingerprint density at radius 3 is 2.88 bits per heavy atom. The first kappa shape index (κ1) is 12.1. The minimum absolute atomic E-state index is 0.451. The fourth-order valence-electron chi connectivity index (χ4n) is 1.27. The summed E-state index contributed by atoms with van der Waals surface area (Å²) < 4.78 is 1.96. The van der Waals surface area contributed by atoms with Crippen molar-refractivity contribution in [2.75, 3.05) is 0 Å². The van der Waals surface area contributed by atoms with Crippen LogP contribution in [0, 0.1) is 0 Å². The number of thiazole rings is 1.